The van der Waals surface area contributed by atoms with Crippen LogP contribution < -0.4 is 4.90 Å². The van der Waals surface area contributed by atoms with Gasteiger partial charge in [-0.3, -0.25) is 0 Å². The number of hydrogen-bond acceptors (Lipinski definition) is 5. The van der Waals surface area contributed by atoms with E-state index in [1.54, 1.807) is 11.8 Å². The van der Waals surface area contributed by atoms with E-state index in [0.717, 1.165) is 29.5 Å². The van der Waals surface area contributed by atoms with E-state index < -0.39 is 0 Å². The molecule has 0 aliphatic carbocycles. The minimum atomic E-state index is 0.184. The van der Waals surface area contributed by atoms with Gasteiger partial charge in [-0.2, -0.15) is 0 Å². The standard InChI is InChI=1S/C19H24ClN3OS/c1-12(2)25-18-9-17(23-10-13(3)24-14(4)11-23)21-19(22-18)15-7-5-6-8-16(15)20/h5-9,12-14H,10-11H2,1-4H3/t13-,14+. The van der Waals surface area contributed by atoms with Gasteiger partial charge in [-0.05, 0) is 26.0 Å². The van der Waals surface area contributed by atoms with Gasteiger partial charge in [-0.15, -0.1) is 11.8 Å². The van der Waals surface area contributed by atoms with Crippen LogP contribution in [0.3, 0.4) is 0 Å². The van der Waals surface area contributed by atoms with Crippen LogP contribution in [0.25, 0.3) is 11.4 Å². The van der Waals surface area contributed by atoms with Crippen LogP contribution in [0.1, 0.15) is 27.7 Å². The van der Waals surface area contributed by atoms with Crippen molar-refractivity contribution in [1.29, 1.82) is 0 Å². The average Bonchev–Trinajstić information content (AvgIpc) is 2.53. The molecule has 6 heteroatoms. The second-order valence-electron chi connectivity index (χ2n) is 6.70. The highest BCUT2D eigenvalue weighted by Crippen LogP contribution is 2.31. The van der Waals surface area contributed by atoms with Gasteiger partial charge in [0.25, 0.3) is 0 Å². The first-order chi connectivity index (χ1) is 11.9. The number of halogens is 1. The normalized spacial score (nSPS) is 21.0. The lowest BCUT2D eigenvalue weighted by Crippen LogP contribution is -2.45. The second kappa shape index (κ2) is 7.94. The summed E-state index contributed by atoms with van der Waals surface area (Å²) >= 11 is 8.12. The van der Waals surface area contributed by atoms with E-state index in [4.69, 9.17) is 26.3 Å². The molecule has 0 spiro atoms. The van der Waals surface area contributed by atoms with E-state index >= 15 is 0 Å². The fourth-order valence-electron chi connectivity index (χ4n) is 3.00. The largest absolute Gasteiger partial charge is 0.372 e. The molecule has 0 N–H and O–H groups in total. The summed E-state index contributed by atoms with van der Waals surface area (Å²) in [6, 6.07) is 9.81. The van der Waals surface area contributed by atoms with Gasteiger partial charge in [0.15, 0.2) is 5.82 Å². The maximum atomic E-state index is 6.38. The molecule has 1 aliphatic rings. The predicted octanol–water partition coefficient (Wildman–Crippen LogP) is 4.91. The minimum absolute atomic E-state index is 0.184. The van der Waals surface area contributed by atoms with Crippen molar-refractivity contribution >= 4 is 29.2 Å². The van der Waals surface area contributed by atoms with E-state index in [1.165, 1.54) is 0 Å². The van der Waals surface area contributed by atoms with Gasteiger partial charge >= 0.3 is 0 Å². The summed E-state index contributed by atoms with van der Waals surface area (Å²) in [6.07, 6.45) is 0.368. The fraction of sp³-hybridized carbons (Fsp3) is 0.474. The highest BCUT2D eigenvalue weighted by atomic mass is 35.5. The second-order valence-corrected chi connectivity index (χ2v) is 8.70. The van der Waals surface area contributed by atoms with E-state index in [-0.39, 0.29) is 12.2 Å². The first-order valence-corrected chi connectivity index (χ1v) is 9.89. The number of hydrogen-bond donors (Lipinski definition) is 0. The van der Waals surface area contributed by atoms with Crippen molar-refractivity contribution in [1.82, 2.24) is 9.97 Å². The molecule has 0 saturated carbocycles. The van der Waals surface area contributed by atoms with Crippen LogP contribution in [0.5, 0.6) is 0 Å². The van der Waals surface area contributed by atoms with Gasteiger partial charge in [0.1, 0.15) is 10.8 Å². The van der Waals surface area contributed by atoms with Gasteiger partial charge in [0, 0.05) is 30.0 Å². The lowest BCUT2D eigenvalue weighted by atomic mass is 10.2. The van der Waals surface area contributed by atoms with Crippen molar-refractivity contribution in [2.45, 2.75) is 50.2 Å². The van der Waals surface area contributed by atoms with Gasteiger partial charge < -0.3 is 9.64 Å². The summed E-state index contributed by atoms with van der Waals surface area (Å²) in [5, 5.41) is 2.09. The average molecular weight is 378 g/mol. The van der Waals surface area contributed by atoms with Crippen LogP contribution >= 0.6 is 23.4 Å². The number of thioether (sulfide) groups is 1. The van der Waals surface area contributed by atoms with Gasteiger partial charge in [-0.1, -0.05) is 37.6 Å². The van der Waals surface area contributed by atoms with Crippen molar-refractivity contribution in [2.75, 3.05) is 18.0 Å². The lowest BCUT2D eigenvalue weighted by Gasteiger charge is -2.36. The molecule has 1 saturated heterocycles. The summed E-state index contributed by atoms with van der Waals surface area (Å²) in [5.41, 5.74) is 0.867. The lowest BCUT2D eigenvalue weighted by molar-refractivity contribution is -0.00547. The predicted molar refractivity (Wildman–Crippen MR) is 106 cm³/mol. The summed E-state index contributed by atoms with van der Waals surface area (Å²) in [6.45, 7) is 10.2. The van der Waals surface area contributed by atoms with E-state index in [2.05, 4.69) is 38.7 Å². The molecule has 1 fully saturated rings. The molecule has 3 rings (SSSR count). The molecule has 25 heavy (non-hydrogen) atoms. The summed E-state index contributed by atoms with van der Waals surface area (Å²) in [4.78, 5) is 11.9. The molecule has 0 amide bonds. The monoisotopic (exact) mass is 377 g/mol. The SMILES string of the molecule is CC(C)Sc1cc(N2C[C@@H](C)O[C@@H](C)C2)nc(-c2ccccc2Cl)n1. The maximum Gasteiger partial charge on any atom is 0.164 e. The Morgan fingerprint density at radius 2 is 1.84 bits per heavy atom. The molecule has 2 heterocycles. The number of nitrogens with zero attached hydrogens (tertiary/aromatic N) is 3. The third-order valence-corrected chi connectivity index (χ3v) is 5.16. The van der Waals surface area contributed by atoms with E-state index in [1.807, 2.05) is 24.3 Å². The number of benzene rings is 1. The number of morpholine rings is 1. The molecule has 1 aromatic heterocycles. The van der Waals surface area contributed by atoms with Crippen molar-refractivity contribution in [3.05, 3.63) is 35.4 Å². The zero-order valence-electron chi connectivity index (χ0n) is 15.1. The van der Waals surface area contributed by atoms with Crippen LogP contribution in [0.15, 0.2) is 35.4 Å². The zero-order valence-corrected chi connectivity index (χ0v) is 16.6. The molecule has 1 aromatic carbocycles. The summed E-state index contributed by atoms with van der Waals surface area (Å²) in [5.74, 6) is 1.62. The third kappa shape index (κ3) is 4.66. The van der Waals surface area contributed by atoms with Crippen molar-refractivity contribution in [2.24, 2.45) is 0 Å². The van der Waals surface area contributed by atoms with Crippen molar-refractivity contribution in [3.63, 3.8) is 0 Å². The van der Waals surface area contributed by atoms with Crippen LogP contribution in [-0.2, 0) is 4.74 Å². The fourth-order valence-corrected chi connectivity index (χ4v) is 4.02. The Morgan fingerprint density at radius 1 is 1.16 bits per heavy atom. The molecule has 4 nitrogen and oxygen atoms in total. The Hall–Kier alpha value is -1.30. The molecule has 2 aromatic rings. The molecule has 134 valence electrons. The number of aromatic nitrogens is 2. The zero-order chi connectivity index (χ0) is 18.0. The molecule has 1 aliphatic heterocycles. The summed E-state index contributed by atoms with van der Waals surface area (Å²) < 4.78 is 5.86. The first kappa shape index (κ1) is 18.5. The highest BCUT2D eigenvalue weighted by Gasteiger charge is 2.24. The van der Waals surface area contributed by atoms with Gasteiger partial charge in [-0.25, -0.2) is 9.97 Å². The topological polar surface area (TPSA) is 38.2 Å². The Labute approximate surface area is 159 Å². The van der Waals surface area contributed by atoms with Crippen molar-refractivity contribution in [3.8, 4) is 11.4 Å². The maximum absolute atomic E-state index is 6.38. The van der Waals surface area contributed by atoms with Crippen LogP contribution in [-0.4, -0.2) is 40.5 Å². The Balaban J connectivity index is 2.02. The molecule has 0 radical (unpaired) electrons. The highest BCUT2D eigenvalue weighted by molar-refractivity contribution is 7.99. The Kier molecular flexibility index (Phi) is 5.87. The molecular formula is C19H24ClN3OS. The molecule has 2 atom stereocenters. The number of anilines is 1. The van der Waals surface area contributed by atoms with Crippen LogP contribution in [0.2, 0.25) is 5.02 Å². The molecule has 0 unspecified atom stereocenters. The Bertz CT molecular complexity index is 730. The quantitative estimate of drug-likeness (QED) is 0.559. The number of rotatable bonds is 4. The molecular weight excluding hydrogens is 354 g/mol. The van der Waals surface area contributed by atoms with Crippen LogP contribution in [0, 0.1) is 0 Å². The smallest absolute Gasteiger partial charge is 0.164 e. The van der Waals surface area contributed by atoms with Crippen LogP contribution in [0.4, 0.5) is 5.82 Å². The van der Waals surface area contributed by atoms with E-state index in [0.29, 0.717) is 16.1 Å². The Morgan fingerprint density at radius 3 is 2.48 bits per heavy atom. The summed E-state index contributed by atoms with van der Waals surface area (Å²) in [7, 11) is 0. The van der Waals surface area contributed by atoms with Gasteiger partial charge in [0.2, 0.25) is 0 Å². The number of ether oxygens (including phenoxy) is 1. The van der Waals surface area contributed by atoms with Crippen molar-refractivity contribution < 1.29 is 4.74 Å². The van der Waals surface area contributed by atoms with E-state index in [9.17, 15) is 0 Å². The first-order valence-electron chi connectivity index (χ1n) is 8.63. The van der Waals surface area contributed by atoms with Gasteiger partial charge in [0.05, 0.1) is 17.2 Å². The third-order valence-electron chi connectivity index (χ3n) is 3.90. The minimum Gasteiger partial charge on any atom is -0.372 e. The molecule has 0 bridgehead atoms.